The second-order valence-electron chi connectivity index (χ2n) is 2.81. The van der Waals surface area contributed by atoms with E-state index in [-0.39, 0.29) is 11.9 Å². The van der Waals surface area contributed by atoms with Crippen LogP contribution in [-0.4, -0.2) is 17.4 Å². The van der Waals surface area contributed by atoms with Gasteiger partial charge in [0.1, 0.15) is 0 Å². The monoisotopic (exact) mass is 199 g/mol. The summed E-state index contributed by atoms with van der Waals surface area (Å²) in [5.74, 6) is -0.280. The van der Waals surface area contributed by atoms with E-state index in [1.807, 2.05) is 12.3 Å². The number of carbonyl (C=O) groups is 1. The molecule has 1 unspecified atom stereocenters. The molecule has 0 aliphatic carbocycles. The molecule has 4 nitrogen and oxygen atoms in total. The summed E-state index contributed by atoms with van der Waals surface area (Å²) in [7, 11) is 0. The van der Waals surface area contributed by atoms with Gasteiger partial charge in [-0.1, -0.05) is 0 Å². The molecule has 0 radical (unpaired) electrons. The second kappa shape index (κ2) is 4.94. The molecule has 5 heteroatoms. The van der Waals surface area contributed by atoms with Gasteiger partial charge in [-0.15, -0.1) is 11.3 Å². The highest BCUT2D eigenvalue weighted by Gasteiger charge is 2.05. The Bertz CT molecular complexity index is 260. The number of rotatable bonds is 5. The van der Waals surface area contributed by atoms with Gasteiger partial charge >= 0.3 is 0 Å². The number of nitrogens with zero attached hydrogens (tertiary/aromatic N) is 1. The van der Waals surface area contributed by atoms with Crippen LogP contribution in [0.2, 0.25) is 0 Å². The smallest absolute Gasteiger partial charge is 0.218 e. The average Bonchev–Trinajstić information content (AvgIpc) is 2.55. The molecular formula is C8H13N3OS. The van der Waals surface area contributed by atoms with Crippen LogP contribution >= 0.6 is 11.3 Å². The first-order chi connectivity index (χ1) is 6.20. The summed E-state index contributed by atoms with van der Waals surface area (Å²) >= 11 is 1.56. The summed E-state index contributed by atoms with van der Waals surface area (Å²) in [5, 5.41) is 5.15. The third-order valence-corrected chi connectivity index (χ3v) is 2.32. The molecule has 1 aromatic heterocycles. The molecule has 0 fully saturated rings. The van der Waals surface area contributed by atoms with Crippen LogP contribution in [0.4, 0.5) is 0 Å². The maximum absolute atomic E-state index is 10.4. The Morgan fingerprint density at radius 3 is 3.15 bits per heavy atom. The van der Waals surface area contributed by atoms with Crippen molar-refractivity contribution in [3.63, 3.8) is 0 Å². The third-order valence-electron chi connectivity index (χ3n) is 1.72. The van der Waals surface area contributed by atoms with E-state index in [2.05, 4.69) is 10.3 Å². The predicted octanol–water partition coefficient (Wildman–Crippen LogP) is 0.669. The largest absolute Gasteiger partial charge is 0.370 e. The highest BCUT2D eigenvalue weighted by Crippen LogP contribution is 2.11. The van der Waals surface area contributed by atoms with E-state index < -0.39 is 0 Å². The minimum atomic E-state index is -0.280. The zero-order valence-electron chi connectivity index (χ0n) is 7.49. The van der Waals surface area contributed by atoms with Crippen molar-refractivity contribution in [3.05, 3.63) is 16.6 Å². The molecule has 0 bridgehead atoms. The zero-order valence-corrected chi connectivity index (χ0v) is 8.30. The highest BCUT2D eigenvalue weighted by molar-refractivity contribution is 7.07. The van der Waals surface area contributed by atoms with Crippen LogP contribution in [0.5, 0.6) is 0 Å². The molecule has 0 saturated carbocycles. The molecule has 1 heterocycles. The number of carbonyl (C=O) groups excluding carboxylic acids is 1. The van der Waals surface area contributed by atoms with Gasteiger partial charge in [-0.3, -0.25) is 4.79 Å². The van der Waals surface area contributed by atoms with Crippen LogP contribution in [0.3, 0.4) is 0 Å². The number of primary amides is 1. The molecule has 13 heavy (non-hydrogen) atoms. The Labute approximate surface area is 81.2 Å². The van der Waals surface area contributed by atoms with Gasteiger partial charge in [0.25, 0.3) is 0 Å². The molecule has 0 aliphatic rings. The molecule has 1 atom stereocenters. The first-order valence-corrected chi connectivity index (χ1v) is 5.04. The summed E-state index contributed by atoms with van der Waals surface area (Å²) in [5.41, 5.74) is 7.81. The molecule has 0 aliphatic heterocycles. The number of thiazole rings is 1. The van der Waals surface area contributed by atoms with E-state index >= 15 is 0 Å². The van der Waals surface area contributed by atoms with Crippen LogP contribution in [0, 0.1) is 0 Å². The van der Waals surface area contributed by atoms with Crippen molar-refractivity contribution < 1.29 is 4.79 Å². The minimum Gasteiger partial charge on any atom is -0.370 e. The van der Waals surface area contributed by atoms with Gasteiger partial charge in [0.05, 0.1) is 11.2 Å². The van der Waals surface area contributed by atoms with E-state index in [1.54, 1.807) is 16.8 Å². The fourth-order valence-corrected chi connectivity index (χ4v) is 1.60. The quantitative estimate of drug-likeness (QED) is 0.732. The number of hydrogen-bond donors (Lipinski definition) is 2. The van der Waals surface area contributed by atoms with Crippen LogP contribution < -0.4 is 11.1 Å². The summed E-state index contributed by atoms with van der Waals surface area (Å²) in [6.45, 7) is 2.62. The Morgan fingerprint density at radius 2 is 2.62 bits per heavy atom. The lowest BCUT2D eigenvalue weighted by atomic mass is 10.2. The number of aromatic nitrogens is 1. The number of hydrogen-bond acceptors (Lipinski definition) is 4. The van der Waals surface area contributed by atoms with Crippen LogP contribution in [0.15, 0.2) is 10.9 Å². The van der Waals surface area contributed by atoms with Gasteiger partial charge in [-0.05, 0) is 6.92 Å². The van der Waals surface area contributed by atoms with Crippen LogP contribution in [0.1, 0.15) is 25.1 Å². The van der Waals surface area contributed by atoms with Crippen molar-refractivity contribution in [1.82, 2.24) is 10.3 Å². The van der Waals surface area contributed by atoms with Crippen LogP contribution in [0.25, 0.3) is 0 Å². The summed E-state index contributed by atoms with van der Waals surface area (Å²) in [6, 6.07) is 0.186. The lowest BCUT2D eigenvalue weighted by Gasteiger charge is -2.09. The van der Waals surface area contributed by atoms with Crippen molar-refractivity contribution in [2.24, 2.45) is 5.73 Å². The first kappa shape index (κ1) is 10.1. The van der Waals surface area contributed by atoms with Gasteiger partial charge in [0, 0.05) is 24.4 Å². The Morgan fingerprint density at radius 1 is 1.85 bits per heavy atom. The summed E-state index contributed by atoms with van der Waals surface area (Å²) in [6.07, 6.45) is 0.370. The molecule has 1 rings (SSSR count). The van der Waals surface area contributed by atoms with Crippen molar-refractivity contribution in [2.45, 2.75) is 19.4 Å². The van der Waals surface area contributed by atoms with Crippen molar-refractivity contribution >= 4 is 17.2 Å². The number of nitrogens with two attached hydrogens (primary N) is 1. The Hall–Kier alpha value is -0.940. The molecule has 0 aromatic carbocycles. The lowest BCUT2D eigenvalue weighted by molar-refractivity contribution is -0.117. The minimum absolute atomic E-state index is 0.186. The lowest BCUT2D eigenvalue weighted by Crippen LogP contribution is -2.24. The summed E-state index contributed by atoms with van der Waals surface area (Å²) in [4.78, 5) is 14.6. The van der Waals surface area contributed by atoms with Crippen molar-refractivity contribution in [3.8, 4) is 0 Å². The molecular weight excluding hydrogens is 186 g/mol. The van der Waals surface area contributed by atoms with Gasteiger partial charge in [-0.2, -0.15) is 0 Å². The zero-order chi connectivity index (χ0) is 9.68. The van der Waals surface area contributed by atoms with E-state index in [4.69, 9.17) is 5.73 Å². The Kier molecular flexibility index (Phi) is 3.85. The predicted molar refractivity (Wildman–Crippen MR) is 52.3 cm³/mol. The highest BCUT2D eigenvalue weighted by atomic mass is 32.1. The molecule has 1 amide bonds. The summed E-state index contributed by atoms with van der Waals surface area (Å²) < 4.78 is 0. The van der Waals surface area contributed by atoms with Crippen molar-refractivity contribution in [2.75, 3.05) is 6.54 Å². The maximum atomic E-state index is 10.4. The van der Waals surface area contributed by atoms with Gasteiger partial charge < -0.3 is 11.1 Å². The van der Waals surface area contributed by atoms with Crippen molar-refractivity contribution in [1.29, 1.82) is 0 Å². The third kappa shape index (κ3) is 3.52. The normalized spacial score (nSPS) is 12.7. The number of nitrogens with one attached hydrogen (secondary N) is 1. The van der Waals surface area contributed by atoms with Gasteiger partial charge in [0.15, 0.2) is 0 Å². The topological polar surface area (TPSA) is 68.0 Å². The number of amides is 1. The van der Waals surface area contributed by atoms with Gasteiger partial charge in [0.2, 0.25) is 5.91 Å². The maximum Gasteiger partial charge on any atom is 0.218 e. The van der Waals surface area contributed by atoms with E-state index in [9.17, 15) is 4.79 Å². The second-order valence-corrected chi connectivity index (χ2v) is 3.52. The fraction of sp³-hybridized carbons (Fsp3) is 0.500. The Balaban J connectivity index is 2.26. The molecule has 3 N–H and O–H groups in total. The average molecular weight is 199 g/mol. The van der Waals surface area contributed by atoms with Gasteiger partial charge in [-0.25, -0.2) is 4.98 Å². The molecule has 0 saturated heterocycles. The van der Waals surface area contributed by atoms with E-state index in [0.717, 1.165) is 5.69 Å². The molecule has 0 spiro atoms. The molecule has 1 aromatic rings. The SMILES string of the molecule is CC(NCCC(N)=O)c1cscn1. The fourth-order valence-electron chi connectivity index (χ4n) is 0.952. The van der Waals surface area contributed by atoms with E-state index in [1.165, 1.54) is 0 Å². The first-order valence-electron chi connectivity index (χ1n) is 4.10. The standard InChI is InChI=1S/C8H13N3OS/c1-6(7-4-13-5-11-7)10-3-2-8(9)12/h4-6,10H,2-3H2,1H3,(H2,9,12). The van der Waals surface area contributed by atoms with Crippen LogP contribution in [-0.2, 0) is 4.79 Å². The van der Waals surface area contributed by atoms with E-state index in [0.29, 0.717) is 13.0 Å². The molecule has 72 valence electrons.